The van der Waals surface area contributed by atoms with Crippen molar-refractivity contribution in [2.24, 2.45) is 0 Å². The van der Waals surface area contributed by atoms with Crippen molar-refractivity contribution < 1.29 is 19.1 Å². The van der Waals surface area contributed by atoms with E-state index in [1.165, 1.54) is 4.90 Å². The fraction of sp³-hybridized carbons (Fsp3) is 0.107. The van der Waals surface area contributed by atoms with Gasteiger partial charge in [0.05, 0.1) is 28.7 Å². The second-order valence-electron chi connectivity index (χ2n) is 8.05. The molecular formula is C28H21BrN2O4S. The lowest BCUT2D eigenvalue weighted by atomic mass is 10.0. The molecule has 0 spiro atoms. The third-order valence-corrected chi connectivity index (χ3v) is 7.22. The molecule has 1 aliphatic rings. The number of ether oxygens (including phenoxy) is 2. The smallest absolute Gasteiger partial charge is 0.293 e. The number of methoxy groups -OCH3 is 1. The van der Waals surface area contributed by atoms with Crippen molar-refractivity contribution in [1.29, 1.82) is 0 Å². The number of hydrogen-bond donors (Lipinski definition) is 0. The highest BCUT2D eigenvalue weighted by atomic mass is 79.9. The fourth-order valence-corrected chi connectivity index (χ4v) is 5.39. The lowest BCUT2D eigenvalue weighted by molar-refractivity contribution is -0.123. The van der Waals surface area contributed by atoms with Gasteiger partial charge in [0.15, 0.2) is 11.5 Å². The maximum absolute atomic E-state index is 13.2. The minimum absolute atomic E-state index is 0.219. The third-order valence-electron chi connectivity index (χ3n) is 5.72. The van der Waals surface area contributed by atoms with E-state index in [2.05, 4.69) is 20.9 Å². The molecule has 3 aromatic carbocycles. The van der Waals surface area contributed by atoms with Gasteiger partial charge in [0, 0.05) is 6.20 Å². The maximum atomic E-state index is 13.2. The number of thioether (sulfide) groups is 1. The van der Waals surface area contributed by atoms with Crippen LogP contribution in [-0.4, -0.2) is 28.1 Å². The summed E-state index contributed by atoms with van der Waals surface area (Å²) in [5.74, 6) is 0.717. The summed E-state index contributed by atoms with van der Waals surface area (Å²) >= 11 is 4.48. The van der Waals surface area contributed by atoms with Crippen LogP contribution in [0, 0.1) is 0 Å². The number of carbonyl (C=O) groups excluding carboxylic acids is 2. The van der Waals surface area contributed by atoms with Crippen LogP contribution in [0.1, 0.15) is 16.8 Å². The van der Waals surface area contributed by atoms with E-state index in [0.717, 1.165) is 33.8 Å². The van der Waals surface area contributed by atoms with E-state index in [9.17, 15) is 9.59 Å². The van der Waals surface area contributed by atoms with Crippen molar-refractivity contribution in [1.82, 2.24) is 9.88 Å². The average Bonchev–Trinajstić information content (AvgIpc) is 3.15. The van der Waals surface area contributed by atoms with Crippen LogP contribution in [0.3, 0.4) is 0 Å². The van der Waals surface area contributed by atoms with Gasteiger partial charge in [-0.2, -0.15) is 0 Å². The molecule has 1 aliphatic heterocycles. The molecule has 1 fully saturated rings. The van der Waals surface area contributed by atoms with Gasteiger partial charge in [0.1, 0.15) is 6.61 Å². The summed E-state index contributed by atoms with van der Waals surface area (Å²) in [5, 5.41) is 1.80. The van der Waals surface area contributed by atoms with Crippen LogP contribution in [0.4, 0.5) is 4.79 Å². The van der Waals surface area contributed by atoms with Crippen molar-refractivity contribution in [2.45, 2.75) is 13.2 Å². The predicted octanol–water partition coefficient (Wildman–Crippen LogP) is 6.82. The van der Waals surface area contributed by atoms with Crippen molar-refractivity contribution in [3.8, 4) is 11.5 Å². The van der Waals surface area contributed by atoms with Crippen molar-refractivity contribution in [3.63, 3.8) is 0 Å². The van der Waals surface area contributed by atoms with E-state index in [0.29, 0.717) is 26.4 Å². The van der Waals surface area contributed by atoms with Crippen molar-refractivity contribution >= 4 is 55.7 Å². The maximum Gasteiger partial charge on any atom is 0.293 e. The fourth-order valence-electron chi connectivity index (χ4n) is 3.98. The quantitative estimate of drug-likeness (QED) is 0.231. The van der Waals surface area contributed by atoms with Crippen LogP contribution in [0.2, 0.25) is 0 Å². The Labute approximate surface area is 221 Å². The number of hydrogen-bond acceptors (Lipinski definition) is 6. The van der Waals surface area contributed by atoms with Crippen LogP contribution < -0.4 is 9.47 Å². The van der Waals surface area contributed by atoms with E-state index < -0.39 is 0 Å². The van der Waals surface area contributed by atoms with Gasteiger partial charge >= 0.3 is 0 Å². The number of nitrogens with zero attached hydrogens (tertiary/aromatic N) is 2. The minimum atomic E-state index is -0.316. The molecule has 6 nitrogen and oxygen atoms in total. The Kier molecular flexibility index (Phi) is 7.06. The van der Waals surface area contributed by atoms with Crippen LogP contribution >= 0.6 is 27.7 Å². The number of amides is 2. The predicted molar refractivity (Wildman–Crippen MR) is 145 cm³/mol. The number of pyridine rings is 1. The molecule has 0 unspecified atom stereocenters. The SMILES string of the molecule is COc1cc(/C=C2\SC(=O)N(Cc3cccc4ccccc34)C2=O)cc(Br)c1OCc1ccccn1. The van der Waals surface area contributed by atoms with Crippen LogP contribution in [0.15, 0.2) is 88.4 Å². The standard InChI is InChI=1S/C28H21BrN2O4S/c1-34-24-14-18(13-23(29)26(24)35-17-21-10-4-5-12-30-21)15-25-27(32)31(28(33)36-25)16-20-9-6-8-19-7-2-3-11-22(19)20/h2-15H,16-17H2,1H3/b25-15-. The van der Waals surface area contributed by atoms with E-state index in [4.69, 9.17) is 9.47 Å². The Bertz CT molecular complexity index is 1480. The molecule has 36 heavy (non-hydrogen) atoms. The first-order valence-corrected chi connectivity index (χ1v) is 12.8. The molecule has 8 heteroatoms. The summed E-state index contributed by atoms with van der Waals surface area (Å²) in [4.78, 5) is 31.8. The van der Waals surface area contributed by atoms with Gasteiger partial charge in [0.2, 0.25) is 0 Å². The Morgan fingerprint density at radius 1 is 1.03 bits per heavy atom. The number of carbonyl (C=O) groups is 2. The van der Waals surface area contributed by atoms with Gasteiger partial charge < -0.3 is 9.47 Å². The van der Waals surface area contributed by atoms with Gasteiger partial charge in [-0.1, -0.05) is 48.5 Å². The summed E-state index contributed by atoms with van der Waals surface area (Å²) < 4.78 is 12.1. The summed E-state index contributed by atoms with van der Waals surface area (Å²) in [6.45, 7) is 0.499. The zero-order chi connectivity index (χ0) is 25.1. The summed E-state index contributed by atoms with van der Waals surface area (Å²) in [6, 6.07) is 23.1. The monoisotopic (exact) mass is 560 g/mol. The topological polar surface area (TPSA) is 68.7 Å². The van der Waals surface area contributed by atoms with Gasteiger partial charge in [-0.15, -0.1) is 0 Å². The van der Waals surface area contributed by atoms with E-state index in [-0.39, 0.29) is 24.3 Å². The lowest BCUT2D eigenvalue weighted by Crippen LogP contribution is -2.27. The Morgan fingerprint density at radius 3 is 2.64 bits per heavy atom. The molecule has 0 saturated carbocycles. The normalized spacial score (nSPS) is 14.6. The average molecular weight is 561 g/mol. The van der Waals surface area contributed by atoms with Gasteiger partial charge in [-0.25, -0.2) is 0 Å². The Balaban J connectivity index is 1.37. The first-order valence-electron chi connectivity index (χ1n) is 11.2. The van der Waals surface area contributed by atoms with E-state index in [1.807, 2.05) is 66.7 Å². The molecule has 0 N–H and O–H groups in total. The molecule has 0 atom stereocenters. The van der Waals surface area contributed by atoms with Crippen molar-refractivity contribution in [2.75, 3.05) is 7.11 Å². The molecule has 2 heterocycles. The molecule has 4 aromatic rings. The van der Waals surface area contributed by atoms with E-state index >= 15 is 0 Å². The van der Waals surface area contributed by atoms with Crippen LogP contribution in [-0.2, 0) is 17.9 Å². The highest BCUT2D eigenvalue weighted by molar-refractivity contribution is 9.10. The van der Waals surface area contributed by atoms with Gasteiger partial charge in [-0.3, -0.25) is 19.5 Å². The first kappa shape index (κ1) is 24.1. The molecule has 1 aromatic heterocycles. The molecule has 0 radical (unpaired) electrons. The Morgan fingerprint density at radius 2 is 1.83 bits per heavy atom. The molecule has 0 bridgehead atoms. The second-order valence-corrected chi connectivity index (χ2v) is 9.90. The number of benzene rings is 3. The highest BCUT2D eigenvalue weighted by Gasteiger charge is 2.35. The third kappa shape index (κ3) is 5.01. The van der Waals surface area contributed by atoms with Gasteiger partial charge in [-0.05, 0) is 79.9 Å². The molecule has 5 rings (SSSR count). The van der Waals surface area contributed by atoms with Crippen LogP contribution in [0.25, 0.3) is 16.8 Å². The van der Waals surface area contributed by atoms with Crippen LogP contribution in [0.5, 0.6) is 11.5 Å². The first-order chi connectivity index (χ1) is 17.5. The number of halogens is 1. The zero-order valence-corrected chi connectivity index (χ0v) is 21.7. The number of fused-ring (bicyclic) bond motifs is 1. The highest BCUT2D eigenvalue weighted by Crippen LogP contribution is 2.40. The zero-order valence-electron chi connectivity index (χ0n) is 19.3. The number of rotatable bonds is 7. The molecular weight excluding hydrogens is 540 g/mol. The molecule has 2 amide bonds. The number of aromatic nitrogens is 1. The van der Waals surface area contributed by atoms with E-state index in [1.54, 1.807) is 25.4 Å². The largest absolute Gasteiger partial charge is 0.493 e. The second kappa shape index (κ2) is 10.6. The number of imide groups is 1. The summed E-state index contributed by atoms with van der Waals surface area (Å²) in [5.41, 5.74) is 2.42. The van der Waals surface area contributed by atoms with Gasteiger partial charge in [0.25, 0.3) is 11.1 Å². The Hall–Kier alpha value is -3.62. The van der Waals surface area contributed by atoms with Crippen molar-refractivity contribution in [3.05, 3.63) is 105 Å². The lowest BCUT2D eigenvalue weighted by Gasteiger charge is -2.14. The minimum Gasteiger partial charge on any atom is -0.493 e. The summed E-state index contributed by atoms with van der Waals surface area (Å²) in [7, 11) is 1.55. The summed E-state index contributed by atoms with van der Waals surface area (Å²) in [6.07, 6.45) is 3.41. The molecule has 1 saturated heterocycles. The molecule has 180 valence electrons. The molecule has 0 aliphatic carbocycles.